The summed E-state index contributed by atoms with van der Waals surface area (Å²) >= 11 is 1.80. The Morgan fingerprint density at radius 2 is 2.00 bits per heavy atom. The molecule has 1 heterocycles. The largest absolute Gasteiger partial charge is 0.481 e. The first-order valence-corrected chi connectivity index (χ1v) is 6.16. The van der Waals surface area contributed by atoms with Crippen LogP contribution in [-0.2, 0) is 17.6 Å². The second-order valence-electron chi connectivity index (χ2n) is 4.03. The summed E-state index contributed by atoms with van der Waals surface area (Å²) in [6.45, 7) is 5.92. The fraction of sp³-hybridized carbons (Fsp3) is 0.583. The first kappa shape index (κ1) is 12.2. The van der Waals surface area contributed by atoms with Gasteiger partial charge in [0.25, 0.3) is 0 Å². The van der Waals surface area contributed by atoms with Crippen LogP contribution in [0, 0.1) is 11.8 Å². The van der Waals surface area contributed by atoms with Gasteiger partial charge in [-0.1, -0.05) is 20.8 Å². The van der Waals surface area contributed by atoms with Crippen molar-refractivity contribution < 1.29 is 9.90 Å². The standard InChI is InChI=1S/C12H18O2S/c1-4-10-5-6-11(15-10)7-8(2)9(3)12(13)14/h5-6,8-9H,4,7H2,1-3H3,(H,13,14). The van der Waals surface area contributed by atoms with Crippen molar-refractivity contribution >= 4 is 17.3 Å². The minimum absolute atomic E-state index is 0.200. The third-order valence-corrected chi connectivity index (χ3v) is 4.08. The van der Waals surface area contributed by atoms with Gasteiger partial charge in [0.1, 0.15) is 0 Å². The number of thiophene rings is 1. The van der Waals surface area contributed by atoms with E-state index in [1.807, 2.05) is 6.92 Å². The molecule has 0 aliphatic carbocycles. The van der Waals surface area contributed by atoms with E-state index in [0.717, 1.165) is 12.8 Å². The molecule has 0 spiro atoms. The van der Waals surface area contributed by atoms with Crippen LogP contribution in [0.25, 0.3) is 0 Å². The van der Waals surface area contributed by atoms with Gasteiger partial charge < -0.3 is 5.11 Å². The Bertz CT molecular complexity index is 330. The van der Waals surface area contributed by atoms with Gasteiger partial charge in [-0.05, 0) is 30.9 Å². The third-order valence-electron chi connectivity index (χ3n) is 2.83. The molecule has 1 rings (SSSR count). The molecule has 3 heteroatoms. The number of carbonyl (C=O) groups is 1. The summed E-state index contributed by atoms with van der Waals surface area (Å²) in [7, 11) is 0. The molecule has 0 saturated heterocycles. The molecule has 0 aliphatic rings. The van der Waals surface area contributed by atoms with Crippen molar-refractivity contribution in [2.24, 2.45) is 11.8 Å². The van der Waals surface area contributed by atoms with Crippen LogP contribution in [0.3, 0.4) is 0 Å². The zero-order chi connectivity index (χ0) is 11.4. The summed E-state index contributed by atoms with van der Waals surface area (Å²) in [5, 5.41) is 8.89. The summed E-state index contributed by atoms with van der Waals surface area (Å²) in [6.07, 6.45) is 1.94. The molecular weight excluding hydrogens is 208 g/mol. The Labute approximate surface area is 94.9 Å². The van der Waals surface area contributed by atoms with Crippen LogP contribution in [0.15, 0.2) is 12.1 Å². The molecule has 0 bridgehead atoms. The molecule has 0 aromatic carbocycles. The van der Waals surface area contributed by atoms with Crippen molar-refractivity contribution in [3.05, 3.63) is 21.9 Å². The van der Waals surface area contributed by atoms with Gasteiger partial charge in [-0.15, -0.1) is 11.3 Å². The van der Waals surface area contributed by atoms with E-state index in [1.165, 1.54) is 9.75 Å². The smallest absolute Gasteiger partial charge is 0.306 e. The Balaban J connectivity index is 2.57. The molecule has 15 heavy (non-hydrogen) atoms. The lowest BCUT2D eigenvalue weighted by Crippen LogP contribution is -2.19. The normalized spacial score (nSPS) is 14.9. The summed E-state index contributed by atoms with van der Waals surface area (Å²) in [5.41, 5.74) is 0. The highest BCUT2D eigenvalue weighted by Crippen LogP contribution is 2.23. The van der Waals surface area contributed by atoms with Gasteiger partial charge in [0.05, 0.1) is 5.92 Å². The Morgan fingerprint density at radius 3 is 2.47 bits per heavy atom. The molecule has 1 aromatic heterocycles. The van der Waals surface area contributed by atoms with Crippen molar-refractivity contribution in [1.29, 1.82) is 0 Å². The quantitative estimate of drug-likeness (QED) is 0.837. The van der Waals surface area contributed by atoms with Crippen LogP contribution < -0.4 is 0 Å². The van der Waals surface area contributed by atoms with E-state index in [9.17, 15) is 4.79 Å². The molecule has 1 N–H and O–H groups in total. The average Bonchev–Trinajstić information content (AvgIpc) is 2.64. The van der Waals surface area contributed by atoms with Crippen molar-refractivity contribution in [2.75, 3.05) is 0 Å². The zero-order valence-electron chi connectivity index (χ0n) is 9.49. The number of carboxylic acid groups (broad SMARTS) is 1. The Kier molecular flexibility index (Phi) is 4.33. The molecule has 0 saturated carbocycles. The van der Waals surface area contributed by atoms with Crippen LogP contribution >= 0.6 is 11.3 Å². The fourth-order valence-electron chi connectivity index (χ4n) is 1.46. The van der Waals surface area contributed by atoms with Gasteiger partial charge in [0, 0.05) is 9.75 Å². The van der Waals surface area contributed by atoms with Crippen molar-refractivity contribution in [3.63, 3.8) is 0 Å². The second-order valence-corrected chi connectivity index (χ2v) is 5.28. The minimum atomic E-state index is -0.699. The first-order chi connectivity index (χ1) is 7.04. The SMILES string of the molecule is CCc1ccc(CC(C)C(C)C(=O)O)s1. The molecule has 84 valence electrons. The lowest BCUT2D eigenvalue weighted by molar-refractivity contribution is -0.142. The number of carboxylic acids is 1. The number of aryl methyl sites for hydroxylation is 1. The van der Waals surface area contributed by atoms with Crippen LogP contribution in [0.2, 0.25) is 0 Å². The third kappa shape index (κ3) is 3.34. The van der Waals surface area contributed by atoms with Gasteiger partial charge in [-0.3, -0.25) is 4.79 Å². The van der Waals surface area contributed by atoms with Crippen LogP contribution in [0.1, 0.15) is 30.5 Å². The monoisotopic (exact) mass is 226 g/mol. The molecular formula is C12H18O2S. The molecule has 2 atom stereocenters. The van der Waals surface area contributed by atoms with Crippen LogP contribution in [-0.4, -0.2) is 11.1 Å². The molecule has 0 amide bonds. The predicted octanol–water partition coefficient (Wildman–Crippen LogP) is 3.21. The van der Waals surface area contributed by atoms with Gasteiger partial charge >= 0.3 is 5.97 Å². The molecule has 0 radical (unpaired) electrons. The van der Waals surface area contributed by atoms with E-state index < -0.39 is 5.97 Å². The number of aliphatic carboxylic acids is 1. The van der Waals surface area contributed by atoms with Gasteiger partial charge in [-0.25, -0.2) is 0 Å². The van der Waals surface area contributed by atoms with E-state index in [0.29, 0.717) is 0 Å². The zero-order valence-corrected chi connectivity index (χ0v) is 10.3. The van der Waals surface area contributed by atoms with E-state index in [4.69, 9.17) is 5.11 Å². The second kappa shape index (κ2) is 5.31. The van der Waals surface area contributed by atoms with Crippen molar-refractivity contribution in [2.45, 2.75) is 33.6 Å². The van der Waals surface area contributed by atoms with Gasteiger partial charge in [-0.2, -0.15) is 0 Å². The topological polar surface area (TPSA) is 37.3 Å². The molecule has 1 aromatic rings. The van der Waals surface area contributed by atoms with E-state index in [2.05, 4.69) is 19.1 Å². The maximum atomic E-state index is 10.8. The minimum Gasteiger partial charge on any atom is -0.481 e. The fourth-order valence-corrected chi connectivity index (χ4v) is 2.56. The summed E-state index contributed by atoms with van der Waals surface area (Å²) < 4.78 is 0. The average molecular weight is 226 g/mol. The Hall–Kier alpha value is -0.830. The highest BCUT2D eigenvalue weighted by Gasteiger charge is 2.19. The Morgan fingerprint density at radius 1 is 1.40 bits per heavy atom. The summed E-state index contributed by atoms with van der Waals surface area (Å²) in [4.78, 5) is 13.5. The lowest BCUT2D eigenvalue weighted by Gasteiger charge is -2.14. The summed E-state index contributed by atoms with van der Waals surface area (Å²) in [5.74, 6) is -0.766. The van der Waals surface area contributed by atoms with Gasteiger partial charge in [0.15, 0.2) is 0 Å². The maximum absolute atomic E-state index is 10.8. The maximum Gasteiger partial charge on any atom is 0.306 e. The number of hydrogen-bond acceptors (Lipinski definition) is 2. The molecule has 0 aliphatic heterocycles. The molecule has 0 fully saturated rings. The highest BCUT2D eigenvalue weighted by molar-refractivity contribution is 7.11. The molecule has 2 unspecified atom stereocenters. The van der Waals surface area contributed by atoms with Crippen LogP contribution in [0.5, 0.6) is 0 Å². The van der Waals surface area contributed by atoms with Crippen molar-refractivity contribution in [1.82, 2.24) is 0 Å². The van der Waals surface area contributed by atoms with E-state index in [-0.39, 0.29) is 11.8 Å². The highest BCUT2D eigenvalue weighted by atomic mass is 32.1. The van der Waals surface area contributed by atoms with Crippen molar-refractivity contribution in [3.8, 4) is 0 Å². The number of hydrogen-bond donors (Lipinski definition) is 1. The van der Waals surface area contributed by atoms with Gasteiger partial charge in [0.2, 0.25) is 0 Å². The first-order valence-electron chi connectivity index (χ1n) is 5.35. The predicted molar refractivity (Wildman–Crippen MR) is 63.4 cm³/mol. The van der Waals surface area contributed by atoms with E-state index >= 15 is 0 Å². The van der Waals surface area contributed by atoms with E-state index in [1.54, 1.807) is 18.3 Å². The van der Waals surface area contributed by atoms with Crippen LogP contribution in [0.4, 0.5) is 0 Å². The summed E-state index contributed by atoms with van der Waals surface area (Å²) in [6, 6.07) is 4.26. The lowest BCUT2D eigenvalue weighted by atomic mass is 9.92. The number of rotatable bonds is 5. The molecule has 2 nitrogen and oxygen atoms in total.